The molecule has 0 saturated heterocycles. The van der Waals surface area contributed by atoms with Crippen molar-refractivity contribution in [1.82, 2.24) is 4.98 Å². The Labute approximate surface area is 132 Å². The van der Waals surface area contributed by atoms with Gasteiger partial charge < -0.3 is 4.74 Å². The van der Waals surface area contributed by atoms with Crippen molar-refractivity contribution >= 4 is 22.4 Å². The molecule has 2 aromatic rings. The molecule has 0 saturated carbocycles. The number of hydrogen-bond donors (Lipinski definition) is 1. The van der Waals surface area contributed by atoms with Gasteiger partial charge in [-0.2, -0.15) is 5.26 Å². The van der Waals surface area contributed by atoms with Crippen LogP contribution in [0, 0.1) is 11.3 Å². The third-order valence-corrected chi connectivity index (χ3v) is 4.52. The standard InChI is InChI=1S/C16H15N3O2S/c17-9-11-5-7-12(8-6-11)21-10-15(20)19-16-18-13-3-1-2-4-14(13)22-16/h5-8H,1-4,10H2,(H,18,19,20). The summed E-state index contributed by atoms with van der Waals surface area (Å²) in [5, 5.41) is 12.2. The topological polar surface area (TPSA) is 75.0 Å². The SMILES string of the molecule is N#Cc1ccc(OCC(=O)Nc2nc3c(s2)CCCC3)cc1. The van der Waals surface area contributed by atoms with E-state index >= 15 is 0 Å². The summed E-state index contributed by atoms with van der Waals surface area (Å²) in [5.41, 5.74) is 1.68. The lowest BCUT2D eigenvalue weighted by Gasteiger charge is -2.06. The van der Waals surface area contributed by atoms with Crippen LogP contribution in [0.5, 0.6) is 5.75 Å². The zero-order valence-corrected chi connectivity index (χ0v) is 12.8. The zero-order valence-electron chi connectivity index (χ0n) is 12.0. The highest BCUT2D eigenvalue weighted by Gasteiger charge is 2.16. The Kier molecular flexibility index (Phi) is 4.35. The van der Waals surface area contributed by atoms with E-state index in [0.717, 1.165) is 18.5 Å². The van der Waals surface area contributed by atoms with E-state index in [1.165, 1.54) is 17.7 Å². The molecule has 0 aliphatic heterocycles. The molecular weight excluding hydrogens is 298 g/mol. The number of rotatable bonds is 4. The molecule has 0 spiro atoms. The van der Waals surface area contributed by atoms with E-state index in [0.29, 0.717) is 16.4 Å². The van der Waals surface area contributed by atoms with Gasteiger partial charge in [0, 0.05) is 4.88 Å². The van der Waals surface area contributed by atoms with Crippen LogP contribution in [0.15, 0.2) is 24.3 Å². The molecular formula is C16H15N3O2S. The average Bonchev–Trinajstić information content (AvgIpc) is 2.95. The van der Waals surface area contributed by atoms with Crippen LogP contribution >= 0.6 is 11.3 Å². The van der Waals surface area contributed by atoms with Gasteiger partial charge >= 0.3 is 0 Å². The molecule has 22 heavy (non-hydrogen) atoms. The lowest BCUT2D eigenvalue weighted by molar-refractivity contribution is -0.118. The monoisotopic (exact) mass is 313 g/mol. The maximum atomic E-state index is 11.9. The fraction of sp³-hybridized carbons (Fsp3) is 0.312. The van der Waals surface area contributed by atoms with Crippen molar-refractivity contribution in [3.63, 3.8) is 0 Å². The number of nitrogens with zero attached hydrogens (tertiary/aromatic N) is 2. The third-order valence-electron chi connectivity index (χ3n) is 3.45. The summed E-state index contributed by atoms with van der Waals surface area (Å²) in [6.07, 6.45) is 4.43. The van der Waals surface area contributed by atoms with E-state index in [1.54, 1.807) is 35.6 Å². The lowest BCUT2D eigenvalue weighted by Crippen LogP contribution is -2.20. The minimum absolute atomic E-state index is 0.0733. The van der Waals surface area contributed by atoms with E-state index in [1.807, 2.05) is 6.07 Å². The minimum atomic E-state index is -0.226. The summed E-state index contributed by atoms with van der Waals surface area (Å²) in [7, 11) is 0. The van der Waals surface area contributed by atoms with Gasteiger partial charge in [0.25, 0.3) is 5.91 Å². The maximum Gasteiger partial charge on any atom is 0.264 e. The normalized spacial score (nSPS) is 13.0. The van der Waals surface area contributed by atoms with Crippen molar-refractivity contribution in [3.8, 4) is 11.8 Å². The van der Waals surface area contributed by atoms with Crippen LogP contribution in [0.2, 0.25) is 0 Å². The molecule has 0 bridgehead atoms. The number of amides is 1. The summed E-state index contributed by atoms with van der Waals surface area (Å²) in [5.74, 6) is 0.336. The number of carbonyl (C=O) groups is 1. The molecule has 0 atom stereocenters. The van der Waals surface area contributed by atoms with Crippen LogP contribution in [-0.2, 0) is 17.6 Å². The first-order valence-electron chi connectivity index (χ1n) is 7.16. The molecule has 0 unspecified atom stereocenters. The smallest absolute Gasteiger partial charge is 0.264 e. The fourth-order valence-corrected chi connectivity index (χ4v) is 3.40. The van der Waals surface area contributed by atoms with E-state index in [-0.39, 0.29) is 12.5 Å². The van der Waals surface area contributed by atoms with Crippen LogP contribution in [0.25, 0.3) is 0 Å². The first-order valence-corrected chi connectivity index (χ1v) is 7.97. The van der Waals surface area contributed by atoms with Crippen molar-refractivity contribution in [3.05, 3.63) is 40.4 Å². The van der Waals surface area contributed by atoms with Gasteiger partial charge in [0.15, 0.2) is 11.7 Å². The van der Waals surface area contributed by atoms with Crippen LogP contribution in [0.1, 0.15) is 29.0 Å². The second kappa shape index (κ2) is 6.58. The van der Waals surface area contributed by atoms with Gasteiger partial charge in [0.2, 0.25) is 0 Å². The highest BCUT2D eigenvalue weighted by atomic mass is 32.1. The third kappa shape index (κ3) is 3.43. The number of aryl methyl sites for hydroxylation is 2. The predicted octanol–water partition coefficient (Wildman–Crippen LogP) is 2.91. The molecule has 1 amide bonds. The number of thiazole rings is 1. The van der Waals surface area contributed by atoms with Crippen LogP contribution in [-0.4, -0.2) is 17.5 Å². The average molecular weight is 313 g/mol. The number of aromatic nitrogens is 1. The Morgan fingerprint density at radius 3 is 2.82 bits per heavy atom. The second-order valence-corrected chi connectivity index (χ2v) is 6.15. The summed E-state index contributed by atoms with van der Waals surface area (Å²) in [6.45, 7) is -0.0733. The Bertz CT molecular complexity index is 692. The highest BCUT2D eigenvalue weighted by Crippen LogP contribution is 2.29. The molecule has 112 valence electrons. The number of nitriles is 1. The van der Waals surface area contributed by atoms with Gasteiger partial charge in [0.05, 0.1) is 17.3 Å². The second-order valence-electron chi connectivity index (χ2n) is 5.07. The molecule has 0 fully saturated rings. The Hall–Kier alpha value is -2.39. The lowest BCUT2D eigenvalue weighted by atomic mass is 10.0. The Balaban J connectivity index is 1.53. The van der Waals surface area contributed by atoms with Crippen molar-refractivity contribution in [2.75, 3.05) is 11.9 Å². The Morgan fingerprint density at radius 2 is 2.09 bits per heavy atom. The van der Waals surface area contributed by atoms with Crippen LogP contribution in [0.4, 0.5) is 5.13 Å². The van der Waals surface area contributed by atoms with E-state index in [9.17, 15) is 4.79 Å². The number of fused-ring (bicyclic) bond motifs is 1. The summed E-state index contributed by atoms with van der Waals surface area (Å²) in [6, 6.07) is 8.69. The van der Waals surface area contributed by atoms with Crippen LogP contribution in [0.3, 0.4) is 0 Å². The minimum Gasteiger partial charge on any atom is -0.484 e. The molecule has 1 aliphatic carbocycles. The molecule has 1 aromatic heterocycles. The van der Waals surface area contributed by atoms with E-state index in [2.05, 4.69) is 10.3 Å². The number of hydrogen-bond acceptors (Lipinski definition) is 5. The molecule has 1 aromatic carbocycles. The number of carbonyl (C=O) groups excluding carboxylic acids is 1. The Morgan fingerprint density at radius 1 is 1.32 bits per heavy atom. The number of ether oxygens (including phenoxy) is 1. The first-order chi connectivity index (χ1) is 10.7. The van der Waals surface area contributed by atoms with Crippen LogP contribution < -0.4 is 10.1 Å². The van der Waals surface area contributed by atoms with Gasteiger partial charge in [-0.3, -0.25) is 10.1 Å². The first kappa shape index (κ1) is 14.5. The molecule has 1 heterocycles. The molecule has 0 radical (unpaired) electrons. The van der Waals surface area contributed by atoms with Gasteiger partial charge in [-0.25, -0.2) is 4.98 Å². The highest BCUT2D eigenvalue weighted by molar-refractivity contribution is 7.15. The quantitative estimate of drug-likeness (QED) is 0.941. The number of benzene rings is 1. The predicted molar refractivity (Wildman–Crippen MR) is 84.0 cm³/mol. The van der Waals surface area contributed by atoms with Gasteiger partial charge in [-0.05, 0) is 49.9 Å². The fourth-order valence-electron chi connectivity index (χ4n) is 2.34. The molecule has 3 rings (SSSR count). The van der Waals surface area contributed by atoms with Gasteiger partial charge in [-0.1, -0.05) is 0 Å². The maximum absolute atomic E-state index is 11.9. The van der Waals surface area contributed by atoms with E-state index in [4.69, 9.17) is 10.00 Å². The molecule has 1 aliphatic rings. The number of anilines is 1. The zero-order chi connectivity index (χ0) is 15.4. The largest absolute Gasteiger partial charge is 0.484 e. The summed E-state index contributed by atoms with van der Waals surface area (Å²) < 4.78 is 5.40. The van der Waals surface area contributed by atoms with Crippen molar-refractivity contribution in [2.45, 2.75) is 25.7 Å². The van der Waals surface area contributed by atoms with E-state index < -0.39 is 0 Å². The molecule has 5 nitrogen and oxygen atoms in total. The number of nitrogens with one attached hydrogen (secondary N) is 1. The summed E-state index contributed by atoms with van der Waals surface area (Å²) in [4.78, 5) is 17.6. The van der Waals surface area contributed by atoms with Gasteiger partial charge in [-0.15, -0.1) is 11.3 Å². The van der Waals surface area contributed by atoms with Gasteiger partial charge in [0.1, 0.15) is 5.75 Å². The summed E-state index contributed by atoms with van der Waals surface area (Å²) >= 11 is 1.56. The molecule has 1 N–H and O–H groups in total. The van der Waals surface area contributed by atoms with Crippen molar-refractivity contribution in [2.24, 2.45) is 0 Å². The van der Waals surface area contributed by atoms with Crippen molar-refractivity contribution in [1.29, 1.82) is 5.26 Å². The molecule has 6 heteroatoms. The van der Waals surface area contributed by atoms with Crippen molar-refractivity contribution < 1.29 is 9.53 Å².